The van der Waals surface area contributed by atoms with Crippen LogP contribution in [0.5, 0.6) is 0 Å². The van der Waals surface area contributed by atoms with Gasteiger partial charge in [0.25, 0.3) is 0 Å². The van der Waals surface area contributed by atoms with Gasteiger partial charge >= 0.3 is 5.78 Å². The van der Waals surface area contributed by atoms with Crippen molar-refractivity contribution >= 4 is 27.8 Å². The molecule has 1 aliphatic carbocycles. The molecular formula is C13H10BrO+. The summed E-state index contributed by atoms with van der Waals surface area (Å²) in [5.41, 5.74) is 1.89. The van der Waals surface area contributed by atoms with Crippen LogP contribution in [0.15, 0.2) is 58.6 Å². The molecule has 0 saturated carbocycles. The third-order valence-electron chi connectivity index (χ3n) is 2.11. The summed E-state index contributed by atoms with van der Waals surface area (Å²) in [5.74, 6) is 0.294. The van der Waals surface area contributed by atoms with Crippen LogP contribution in [0.3, 0.4) is 0 Å². The molecule has 0 amide bonds. The quantitative estimate of drug-likeness (QED) is 0.546. The maximum atomic E-state index is 9.64. The van der Waals surface area contributed by atoms with E-state index in [9.17, 15) is 4.79 Å². The van der Waals surface area contributed by atoms with Crippen molar-refractivity contribution in [1.82, 2.24) is 0 Å². The van der Waals surface area contributed by atoms with Gasteiger partial charge in [-0.15, -0.1) is 0 Å². The fourth-order valence-electron chi connectivity index (χ4n) is 1.37. The molecule has 0 aliphatic heterocycles. The van der Waals surface area contributed by atoms with Crippen LogP contribution < -0.4 is 0 Å². The van der Waals surface area contributed by atoms with Crippen molar-refractivity contribution in [2.45, 2.75) is 0 Å². The number of hydrogen-bond acceptors (Lipinski definition) is 0. The molecule has 0 heterocycles. The Morgan fingerprint density at radius 1 is 1.07 bits per heavy atom. The first-order chi connectivity index (χ1) is 7.25. The zero-order valence-corrected chi connectivity index (χ0v) is 9.61. The summed E-state index contributed by atoms with van der Waals surface area (Å²) in [6, 6.07) is 9.92. The van der Waals surface area contributed by atoms with Gasteiger partial charge in [-0.1, -0.05) is 46.3 Å². The van der Waals surface area contributed by atoms with Crippen LogP contribution in [0.25, 0.3) is 6.08 Å². The minimum atomic E-state index is 0.294. The molecule has 0 fully saturated rings. The van der Waals surface area contributed by atoms with E-state index in [-0.39, 0.29) is 0 Å². The zero-order valence-electron chi connectivity index (χ0n) is 8.02. The molecule has 1 aromatic carbocycles. The van der Waals surface area contributed by atoms with E-state index < -0.39 is 0 Å². The third kappa shape index (κ3) is 2.54. The highest BCUT2D eigenvalue weighted by Crippen LogP contribution is 2.19. The molecule has 1 N–H and O–H groups in total. The van der Waals surface area contributed by atoms with Crippen molar-refractivity contribution < 1.29 is 4.79 Å². The Balaban J connectivity index is 2.36. The Morgan fingerprint density at radius 2 is 1.80 bits per heavy atom. The Morgan fingerprint density at radius 3 is 2.53 bits per heavy atom. The van der Waals surface area contributed by atoms with Crippen LogP contribution in [0.4, 0.5) is 0 Å². The highest BCUT2D eigenvalue weighted by molar-refractivity contribution is 9.11. The number of ketones is 1. The predicted octanol–water partition coefficient (Wildman–Crippen LogP) is 3.46. The van der Waals surface area contributed by atoms with E-state index in [1.807, 2.05) is 48.6 Å². The van der Waals surface area contributed by atoms with Gasteiger partial charge < -0.3 is 0 Å². The van der Waals surface area contributed by atoms with E-state index in [1.54, 1.807) is 6.08 Å². The van der Waals surface area contributed by atoms with Crippen molar-refractivity contribution in [2.75, 3.05) is 0 Å². The van der Waals surface area contributed by atoms with Gasteiger partial charge in [-0.2, -0.15) is 0 Å². The Kier molecular flexibility index (Phi) is 2.97. The lowest BCUT2D eigenvalue weighted by Gasteiger charge is -1.99. The van der Waals surface area contributed by atoms with Crippen LogP contribution in [-0.2, 0) is 0 Å². The first-order valence-electron chi connectivity index (χ1n) is 4.64. The number of allylic oxidation sites excluding steroid dienone is 5. The Labute approximate surface area is 96.9 Å². The summed E-state index contributed by atoms with van der Waals surface area (Å²) < 4.78 is 0.961. The molecule has 1 aromatic rings. The SMILES string of the molecule is [OH+]=C1C=CC(Br)=C/C1=C\c1ccccc1. The minimum absolute atomic E-state index is 0.294. The topological polar surface area (TPSA) is 21.4 Å². The number of rotatable bonds is 1. The predicted molar refractivity (Wildman–Crippen MR) is 67.5 cm³/mol. The first kappa shape index (κ1) is 10.1. The molecule has 1 aliphatic rings. The number of hydrogen-bond donors (Lipinski definition) is 0. The molecular weight excluding hydrogens is 252 g/mol. The Hall–Kier alpha value is -1.41. The van der Waals surface area contributed by atoms with E-state index in [1.165, 1.54) is 0 Å². The fourth-order valence-corrected chi connectivity index (χ4v) is 1.75. The van der Waals surface area contributed by atoms with Gasteiger partial charge in [-0.3, -0.25) is 4.79 Å². The summed E-state index contributed by atoms with van der Waals surface area (Å²) in [4.78, 5) is 9.64. The molecule has 0 unspecified atom stereocenters. The van der Waals surface area contributed by atoms with E-state index in [0.29, 0.717) is 5.78 Å². The highest BCUT2D eigenvalue weighted by Gasteiger charge is 2.14. The van der Waals surface area contributed by atoms with Gasteiger partial charge in [0.1, 0.15) is 0 Å². The lowest BCUT2D eigenvalue weighted by atomic mass is 10.0. The number of carbonyl (C=O) groups excluding carboxylic acids is 1. The second-order valence-corrected chi connectivity index (χ2v) is 4.17. The first-order valence-corrected chi connectivity index (χ1v) is 5.43. The molecule has 0 saturated heterocycles. The van der Waals surface area contributed by atoms with E-state index in [4.69, 9.17) is 0 Å². The van der Waals surface area contributed by atoms with Gasteiger partial charge in [-0.05, 0) is 23.8 Å². The molecule has 0 atom stereocenters. The van der Waals surface area contributed by atoms with Crippen LogP contribution >= 0.6 is 15.9 Å². The molecule has 15 heavy (non-hydrogen) atoms. The lowest BCUT2D eigenvalue weighted by molar-refractivity contribution is 0.681. The fraction of sp³-hybridized carbons (Fsp3) is 0. The highest BCUT2D eigenvalue weighted by atomic mass is 79.9. The van der Waals surface area contributed by atoms with Gasteiger partial charge in [0.05, 0.1) is 5.57 Å². The largest absolute Gasteiger partial charge is 0.347 e. The van der Waals surface area contributed by atoms with Crippen LogP contribution in [0, 0.1) is 0 Å². The van der Waals surface area contributed by atoms with Crippen molar-refractivity contribution in [1.29, 1.82) is 0 Å². The second kappa shape index (κ2) is 4.41. The van der Waals surface area contributed by atoms with Crippen molar-refractivity contribution in [3.05, 3.63) is 64.2 Å². The zero-order chi connectivity index (χ0) is 10.7. The standard InChI is InChI=1S/C13H9BrO/c14-12-6-7-13(15)11(9-12)8-10-4-2-1-3-5-10/h1-9H/p+1/b11-8+. The summed E-state index contributed by atoms with van der Waals surface area (Å²) in [5, 5.41) is 0. The average molecular weight is 262 g/mol. The summed E-state index contributed by atoms with van der Waals surface area (Å²) in [6.45, 7) is 0. The molecule has 0 bridgehead atoms. The summed E-state index contributed by atoms with van der Waals surface area (Å²) in [6.07, 6.45) is 7.33. The average Bonchev–Trinajstić information content (AvgIpc) is 2.25. The van der Waals surface area contributed by atoms with Gasteiger partial charge in [0.2, 0.25) is 0 Å². The maximum Gasteiger partial charge on any atom is 0.347 e. The summed E-state index contributed by atoms with van der Waals surface area (Å²) in [7, 11) is 0. The van der Waals surface area contributed by atoms with Gasteiger partial charge in [0, 0.05) is 10.6 Å². The second-order valence-electron chi connectivity index (χ2n) is 3.26. The third-order valence-corrected chi connectivity index (χ3v) is 2.60. The van der Waals surface area contributed by atoms with Crippen molar-refractivity contribution in [2.24, 2.45) is 0 Å². The Bertz CT molecular complexity index is 467. The van der Waals surface area contributed by atoms with E-state index in [0.717, 1.165) is 15.6 Å². The molecule has 2 heteroatoms. The molecule has 0 radical (unpaired) electrons. The van der Waals surface area contributed by atoms with Crippen LogP contribution in [0.1, 0.15) is 5.56 Å². The van der Waals surface area contributed by atoms with Gasteiger partial charge in [0.15, 0.2) is 0 Å². The number of halogens is 1. The molecule has 0 aromatic heterocycles. The smallest absolute Gasteiger partial charge is 0.273 e. The van der Waals surface area contributed by atoms with Crippen LogP contribution in [-0.4, -0.2) is 10.6 Å². The maximum absolute atomic E-state index is 9.64. The van der Waals surface area contributed by atoms with Gasteiger partial charge in [-0.25, -0.2) is 0 Å². The lowest BCUT2D eigenvalue weighted by Crippen LogP contribution is -2.00. The van der Waals surface area contributed by atoms with E-state index >= 15 is 0 Å². The molecule has 1 nitrogen and oxygen atoms in total. The number of benzene rings is 1. The van der Waals surface area contributed by atoms with E-state index in [2.05, 4.69) is 15.9 Å². The van der Waals surface area contributed by atoms with Crippen molar-refractivity contribution in [3.63, 3.8) is 0 Å². The summed E-state index contributed by atoms with van der Waals surface area (Å²) >= 11 is 3.38. The normalized spacial score (nSPS) is 18.1. The van der Waals surface area contributed by atoms with Crippen molar-refractivity contribution in [3.8, 4) is 0 Å². The minimum Gasteiger partial charge on any atom is -0.273 e. The molecule has 2 rings (SSSR count). The monoisotopic (exact) mass is 261 g/mol. The molecule has 74 valence electrons. The molecule has 0 spiro atoms. The van der Waals surface area contributed by atoms with Crippen LogP contribution in [0.2, 0.25) is 0 Å².